The Balaban J connectivity index is 2.57. The highest BCUT2D eigenvalue weighted by molar-refractivity contribution is 5.34. The number of hydrogen-bond donors (Lipinski definition) is 0. The molecule has 0 unspecified atom stereocenters. The summed E-state index contributed by atoms with van der Waals surface area (Å²) in [5.41, 5.74) is 8.81. The van der Waals surface area contributed by atoms with Gasteiger partial charge in [0, 0.05) is 44.4 Å². The summed E-state index contributed by atoms with van der Waals surface area (Å²) in [6, 6.07) is 0. The van der Waals surface area contributed by atoms with Gasteiger partial charge in [-0.25, -0.2) is 9.97 Å². The Morgan fingerprint density at radius 1 is 1.44 bits per heavy atom. The molecule has 1 aromatic rings. The molecule has 0 bridgehead atoms. The Labute approximate surface area is 94.0 Å². The third-order valence-corrected chi connectivity index (χ3v) is 1.67. The summed E-state index contributed by atoms with van der Waals surface area (Å²) in [7, 11) is 3.75. The van der Waals surface area contributed by atoms with Crippen LogP contribution < -0.4 is 4.90 Å². The predicted octanol–water partition coefficient (Wildman–Crippen LogP) is 1.59. The molecule has 1 aromatic heterocycles. The summed E-state index contributed by atoms with van der Waals surface area (Å²) in [4.78, 5) is 12.7. The van der Waals surface area contributed by atoms with E-state index in [9.17, 15) is 0 Å². The van der Waals surface area contributed by atoms with Crippen LogP contribution in [-0.4, -0.2) is 30.6 Å². The molecule has 0 atom stereocenters. The van der Waals surface area contributed by atoms with E-state index in [2.05, 4.69) is 31.8 Å². The molecule has 0 aliphatic rings. The lowest BCUT2D eigenvalue weighted by Crippen LogP contribution is -2.12. The van der Waals surface area contributed by atoms with Crippen LogP contribution in [0.25, 0.3) is 10.4 Å². The van der Waals surface area contributed by atoms with Crippen molar-refractivity contribution < 1.29 is 0 Å². The summed E-state index contributed by atoms with van der Waals surface area (Å²) in [6.45, 7) is 0.389. The van der Waals surface area contributed by atoms with E-state index in [1.807, 2.05) is 19.0 Å². The minimum Gasteiger partial charge on any atom is -0.347 e. The van der Waals surface area contributed by atoms with E-state index in [-0.39, 0.29) is 0 Å². The van der Waals surface area contributed by atoms with Gasteiger partial charge in [0.25, 0.3) is 0 Å². The number of aromatic nitrogens is 2. The average Bonchev–Trinajstić information content (AvgIpc) is 2.29. The molecule has 0 aliphatic heterocycles. The lowest BCUT2D eigenvalue weighted by Gasteiger charge is -2.07. The van der Waals surface area contributed by atoms with Crippen molar-refractivity contribution >= 4 is 5.95 Å². The first kappa shape index (κ1) is 11.8. The fourth-order valence-electron chi connectivity index (χ4n) is 0.932. The van der Waals surface area contributed by atoms with Gasteiger partial charge in [-0.15, -0.1) is 0 Å². The quantitative estimate of drug-likeness (QED) is 0.253. The minimum absolute atomic E-state index is 0.389. The molecule has 0 radical (unpaired) electrons. The van der Waals surface area contributed by atoms with Crippen LogP contribution in [-0.2, 0) is 0 Å². The highest BCUT2D eigenvalue weighted by Gasteiger charge is 1.96. The van der Waals surface area contributed by atoms with Crippen molar-refractivity contribution in [3.63, 3.8) is 0 Å². The fraction of sp³-hybridized carbons (Fsp3) is 0.400. The zero-order chi connectivity index (χ0) is 11.8. The van der Waals surface area contributed by atoms with Crippen LogP contribution in [0.2, 0.25) is 0 Å². The number of anilines is 1. The van der Waals surface area contributed by atoms with Crippen molar-refractivity contribution in [2.45, 2.75) is 6.42 Å². The molecule has 0 saturated carbocycles. The van der Waals surface area contributed by atoms with Crippen LogP contribution in [0.1, 0.15) is 12.0 Å². The third-order valence-electron chi connectivity index (χ3n) is 1.67. The van der Waals surface area contributed by atoms with Gasteiger partial charge in [0.2, 0.25) is 5.95 Å². The Morgan fingerprint density at radius 3 is 2.69 bits per heavy atom. The maximum absolute atomic E-state index is 8.05. The number of rotatable bonds is 3. The van der Waals surface area contributed by atoms with Crippen molar-refractivity contribution in [3.8, 4) is 11.8 Å². The largest absolute Gasteiger partial charge is 0.347 e. The van der Waals surface area contributed by atoms with Crippen LogP contribution in [0.5, 0.6) is 0 Å². The summed E-state index contributed by atoms with van der Waals surface area (Å²) in [6.07, 6.45) is 3.88. The first-order valence-corrected chi connectivity index (χ1v) is 4.73. The van der Waals surface area contributed by atoms with Crippen molar-refractivity contribution in [3.05, 3.63) is 28.4 Å². The Morgan fingerprint density at radius 2 is 2.12 bits per heavy atom. The van der Waals surface area contributed by atoms with E-state index < -0.39 is 0 Å². The topological polar surface area (TPSA) is 77.8 Å². The number of nitrogens with zero attached hydrogens (tertiary/aromatic N) is 6. The van der Waals surface area contributed by atoms with Crippen molar-refractivity contribution in [1.82, 2.24) is 9.97 Å². The summed E-state index contributed by atoms with van der Waals surface area (Å²) < 4.78 is 0. The minimum atomic E-state index is 0.389. The van der Waals surface area contributed by atoms with Crippen LogP contribution in [0.4, 0.5) is 5.95 Å². The Kier molecular flexibility index (Phi) is 4.64. The zero-order valence-corrected chi connectivity index (χ0v) is 9.25. The molecular weight excluding hydrogens is 204 g/mol. The maximum Gasteiger partial charge on any atom is 0.224 e. The van der Waals surface area contributed by atoms with Gasteiger partial charge in [-0.3, -0.25) is 0 Å². The standard InChI is InChI=1S/C10H12N6/c1-16(2)10-12-7-9(8-13-10)5-3-4-6-14-15-11/h7-8H,4,6H2,1-2H3. The van der Waals surface area contributed by atoms with Crippen LogP contribution >= 0.6 is 0 Å². The molecular formula is C10H12N6. The van der Waals surface area contributed by atoms with Gasteiger partial charge in [-0.05, 0) is 5.53 Å². The molecule has 0 aromatic carbocycles. The molecule has 1 heterocycles. The molecule has 0 aliphatic carbocycles. The van der Waals surface area contributed by atoms with E-state index >= 15 is 0 Å². The zero-order valence-electron chi connectivity index (χ0n) is 9.25. The van der Waals surface area contributed by atoms with Gasteiger partial charge in [0.05, 0.1) is 5.56 Å². The van der Waals surface area contributed by atoms with Crippen LogP contribution in [0.3, 0.4) is 0 Å². The van der Waals surface area contributed by atoms with E-state index in [1.54, 1.807) is 12.4 Å². The molecule has 6 heteroatoms. The smallest absolute Gasteiger partial charge is 0.224 e. The van der Waals surface area contributed by atoms with Gasteiger partial charge in [-0.2, -0.15) is 0 Å². The van der Waals surface area contributed by atoms with E-state index in [0.29, 0.717) is 18.9 Å². The summed E-state index contributed by atoms with van der Waals surface area (Å²) in [5, 5.41) is 3.38. The van der Waals surface area contributed by atoms with Gasteiger partial charge >= 0.3 is 0 Å². The molecule has 0 N–H and O–H groups in total. The highest BCUT2D eigenvalue weighted by atomic mass is 15.2. The van der Waals surface area contributed by atoms with Gasteiger partial charge in [0.15, 0.2) is 0 Å². The van der Waals surface area contributed by atoms with Crippen LogP contribution in [0, 0.1) is 11.8 Å². The molecule has 16 heavy (non-hydrogen) atoms. The van der Waals surface area contributed by atoms with E-state index in [0.717, 1.165) is 5.56 Å². The SMILES string of the molecule is CN(C)c1ncc(C#CCCN=[N+]=[N-])cn1. The Bertz CT molecular complexity index is 433. The van der Waals surface area contributed by atoms with Gasteiger partial charge < -0.3 is 4.90 Å². The molecule has 0 fully saturated rings. The average molecular weight is 216 g/mol. The lowest BCUT2D eigenvalue weighted by atomic mass is 10.3. The fourth-order valence-corrected chi connectivity index (χ4v) is 0.932. The summed E-state index contributed by atoms with van der Waals surface area (Å²) in [5.74, 6) is 6.42. The second kappa shape index (κ2) is 6.27. The Hall–Kier alpha value is -2.25. The van der Waals surface area contributed by atoms with Gasteiger partial charge in [-0.1, -0.05) is 17.0 Å². The molecule has 6 nitrogen and oxygen atoms in total. The third kappa shape index (κ3) is 3.86. The number of hydrogen-bond acceptors (Lipinski definition) is 4. The van der Waals surface area contributed by atoms with Crippen molar-refractivity contribution in [2.75, 3.05) is 25.5 Å². The molecule has 82 valence electrons. The molecule has 0 saturated heterocycles. The first-order chi connectivity index (χ1) is 7.74. The second-order valence-electron chi connectivity index (χ2n) is 3.17. The van der Waals surface area contributed by atoms with E-state index in [4.69, 9.17) is 5.53 Å². The lowest BCUT2D eigenvalue weighted by molar-refractivity contribution is 0.994. The monoisotopic (exact) mass is 216 g/mol. The van der Waals surface area contributed by atoms with Crippen molar-refractivity contribution in [2.24, 2.45) is 5.11 Å². The summed E-state index contributed by atoms with van der Waals surface area (Å²) >= 11 is 0. The predicted molar refractivity (Wildman–Crippen MR) is 61.9 cm³/mol. The maximum atomic E-state index is 8.05. The van der Waals surface area contributed by atoms with E-state index in [1.165, 1.54) is 0 Å². The molecule has 0 amide bonds. The number of azide groups is 1. The van der Waals surface area contributed by atoms with Crippen LogP contribution in [0.15, 0.2) is 17.5 Å². The molecule has 0 spiro atoms. The highest BCUT2D eigenvalue weighted by Crippen LogP contribution is 2.01. The van der Waals surface area contributed by atoms with Crippen molar-refractivity contribution in [1.29, 1.82) is 0 Å². The van der Waals surface area contributed by atoms with Gasteiger partial charge in [0.1, 0.15) is 0 Å². The molecule has 1 rings (SSSR count). The first-order valence-electron chi connectivity index (χ1n) is 4.73. The second-order valence-corrected chi connectivity index (χ2v) is 3.17. The normalized spacial score (nSPS) is 8.62.